The summed E-state index contributed by atoms with van der Waals surface area (Å²) in [6.45, 7) is 9.81. The van der Waals surface area contributed by atoms with Gasteiger partial charge in [0.2, 0.25) is 0 Å². The van der Waals surface area contributed by atoms with Gasteiger partial charge in [-0.05, 0) is 0 Å². The van der Waals surface area contributed by atoms with E-state index in [0.717, 1.165) is 3.63 Å². The molecule has 0 amide bonds. The van der Waals surface area contributed by atoms with Gasteiger partial charge in [0.25, 0.3) is 0 Å². The van der Waals surface area contributed by atoms with Gasteiger partial charge in [-0.2, -0.15) is 0 Å². The van der Waals surface area contributed by atoms with E-state index in [1.54, 1.807) is 34.7 Å². The van der Waals surface area contributed by atoms with Gasteiger partial charge in [0.15, 0.2) is 0 Å². The van der Waals surface area contributed by atoms with E-state index >= 15 is 0 Å². The third kappa shape index (κ3) is 4.66. The van der Waals surface area contributed by atoms with Gasteiger partial charge >= 0.3 is 260 Å². The quantitative estimate of drug-likeness (QED) is 0.164. The summed E-state index contributed by atoms with van der Waals surface area (Å²) < 4.78 is 5.68. The molecule has 0 bridgehead atoms. The van der Waals surface area contributed by atoms with Gasteiger partial charge in [-0.15, -0.1) is 0 Å². The molecule has 3 aliphatic rings. The molecule has 0 N–H and O–H groups in total. The second kappa shape index (κ2) is 11.5. The first-order valence-electron chi connectivity index (χ1n) is 16.7. The minimum atomic E-state index is -2.37. The zero-order valence-electron chi connectivity index (χ0n) is 26.0. The number of allylic oxidation sites excluding steroid dienone is 2. The SMILES string of the molecule is CCC[CH2][Zr]1([CH](C2C(CC)=Cc3c2ccc2ccccc32)C(CC)C2C(C)=Cc3c(-c4ccccc4)cccc32)[CH2][CH2]1. The van der Waals surface area contributed by atoms with Gasteiger partial charge in [0, 0.05) is 0 Å². The Labute approximate surface area is 258 Å². The van der Waals surface area contributed by atoms with E-state index in [-0.39, 0.29) is 0 Å². The molecule has 1 heterocycles. The molecular formula is C41H46Zr. The molecule has 4 aromatic rings. The number of rotatable bonds is 10. The first kappa shape index (κ1) is 28.3. The van der Waals surface area contributed by atoms with E-state index in [1.165, 1.54) is 58.7 Å². The average molecular weight is 630 g/mol. The van der Waals surface area contributed by atoms with Gasteiger partial charge in [0.05, 0.1) is 0 Å². The standard InChI is InChI=1S/C35H33.C4H9.C2H4.Zr/c1-4-24-21-34-28-15-10-9-14-27(28)18-19-30(34)32(24)22-25(5-2)35-23(3)20-33-29(16-11-17-31(33)35)26-12-7-6-8-13-26;1-3-4-2;1-2;/h6-22,25,32,35H,4-5H2,1-3H3;1,3-4H2,2H3;1-2H2;. The zero-order chi connectivity index (χ0) is 28.8. The average Bonchev–Trinajstić information content (AvgIpc) is 3.60. The van der Waals surface area contributed by atoms with Crippen molar-refractivity contribution in [3.05, 3.63) is 118 Å². The third-order valence-electron chi connectivity index (χ3n) is 11.2. The van der Waals surface area contributed by atoms with Crippen molar-refractivity contribution >= 4 is 22.9 Å². The van der Waals surface area contributed by atoms with Crippen LogP contribution < -0.4 is 0 Å². The Morgan fingerprint density at radius 3 is 2.24 bits per heavy atom. The monoisotopic (exact) mass is 628 g/mol. The Morgan fingerprint density at radius 1 is 0.738 bits per heavy atom. The summed E-state index contributed by atoms with van der Waals surface area (Å²) in [4.78, 5) is 0. The van der Waals surface area contributed by atoms with Crippen LogP contribution in [-0.2, 0) is 20.3 Å². The second-order valence-corrected chi connectivity index (χ2v) is 25.5. The Kier molecular flexibility index (Phi) is 7.77. The molecule has 0 radical (unpaired) electrons. The minimum absolute atomic E-state index is 0.539. The van der Waals surface area contributed by atoms with Crippen LogP contribution in [0.4, 0.5) is 0 Å². The zero-order valence-corrected chi connectivity index (χ0v) is 28.5. The third-order valence-corrected chi connectivity index (χ3v) is 24.3. The molecular weight excluding hydrogens is 584 g/mol. The van der Waals surface area contributed by atoms with E-state index in [1.807, 2.05) is 0 Å². The van der Waals surface area contributed by atoms with Crippen molar-refractivity contribution in [2.24, 2.45) is 5.92 Å². The molecule has 0 spiro atoms. The molecule has 0 nitrogen and oxygen atoms in total. The van der Waals surface area contributed by atoms with Crippen LogP contribution in [0.5, 0.6) is 0 Å². The van der Waals surface area contributed by atoms with Gasteiger partial charge in [0.1, 0.15) is 0 Å². The van der Waals surface area contributed by atoms with Crippen LogP contribution in [0, 0.1) is 5.92 Å². The van der Waals surface area contributed by atoms with E-state index in [0.29, 0.717) is 17.8 Å². The molecule has 1 heteroatoms. The molecule has 1 aliphatic heterocycles. The van der Waals surface area contributed by atoms with Crippen LogP contribution in [0.2, 0.25) is 16.0 Å². The van der Waals surface area contributed by atoms with E-state index in [4.69, 9.17) is 0 Å². The molecule has 214 valence electrons. The van der Waals surface area contributed by atoms with Crippen molar-refractivity contribution in [1.82, 2.24) is 0 Å². The van der Waals surface area contributed by atoms with Crippen molar-refractivity contribution in [3.8, 4) is 11.1 Å². The summed E-state index contributed by atoms with van der Waals surface area (Å²) in [5.41, 5.74) is 12.4. The molecule has 7 rings (SSSR count). The second-order valence-electron chi connectivity index (χ2n) is 13.4. The van der Waals surface area contributed by atoms with Crippen LogP contribution in [0.15, 0.2) is 96.1 Å². The number of fused-ring (bicyclic) bond motifs is 4. The molecule has 4 aromatic carbocycles. The Bertz CT molecular complexity index is 1670. The van der Waals surface area contributed by atoms with Crippen molar-refractivity contribution < 1.29 is 20.3 Å². The number of hydrogen-bond donors (Lipinski definition) is 0. The molecule has 0 saturated carbocycles. The number of unbranched alkanes of at least 4 members (excludes halogenated alkanes) is 1. The Morgan fingerprint density at radius 2 is 1.50 bits per heavy atom. The predicted molar refractivity (Wildman–Crippen MR) is 180 cm³/mol. The summed E-state index contributed by atoms with van der Waals surface area (Å²) >= 11 is -2.37. The molecule has 42 heavy (non-hydrogen) atoms. The summed E-state index contributed by atoms with van der Waals surface area (Å²) in [6, 6.07) is 32.3. The van der Waals surface area contributed by atoms with Gasteiger partial charge < -0.3 is 0 Å². The Balaban J connectivity index is 1.38. The van der Waals surface area contributed by atoms with Crippen LogP contribution in [-0.4, -0.2) is 0 Å². The summed E-state index contributed by atoms with van der Waals surface area (Å²) in [7, 11) is 0. The maximum atomic E-state index is 2.64. The summed E-state index contributed by atoms with van der Waals surface area (Å²) in [5, 5.41) is 2.85. The van der Waals surface area contributed by atoms with E-state index in [9.17, 15) is 0 Å². The predicted octanol–water partition coefficient (Wildman–Crippen LogP) is 12.6. The van der Waals surface area contributed by atoms with Crippen LogP contribution in [0.25, 0.3) is 34.1 Å². The molecule has 2 aliphatic carbocycles. The number of benzene rings is 4. The van der Waals surface area contributed by atoms with Crippen molar-refractivity contribution in [3.63, 3.8) is 0 Å². The van der Waals surface area contributed by atoms with Crippen LogP contribution in [0.3, 0.4) is 0 Å². The first-order valence-corrected chi connectivity index (χ1v) is 23.3. The van der Waals surface area contributed by atoms with Gasteiger partial charge in [-0.1, -0.05) is 0 Å². The van der Waals surface area contributed by atoms with E-state index in [2.05, 4.69) is 125 Å². The van der Waals surface area contributed by atoms with Crippen molar-refractivity contribution in [2.75, 3.05) is 0 Å². The molecule has 4 unspecified atom stereocenters. The number of hydrogen-bond acceptors (Lipinski definition) is 0. The topological polar surface area (TPSA) is 0 Å². The van der Waals surface area contributed by atoms with Crippen molar-refractivity contribution in [2.45, 2.75) is 81.2 Å². The summed E-state index contributed by atoms with van der Waals surface area (Å²) in [5.74, 6) is 1.86. The molecule has 1 fully saturated rings. The fraction of sp³-hybridized carbons (Fsp3) is 0.366. The van der Waals surface area contributed by atoms with Crippen LogP contribution >= 0.6 is 0 Å². The molecule has 1 saturated heterocycles. The van der Waals surface area contributed by atoms with Gasteiger partial charge in [-0.3, -0.25) is 0 Å². The van der Waals surface area contributed by atoms with Gasteiger partial charge in [-0.25, -0.2) is 0 Å². The van der Waals surface area contributed by atoms with Crippen molar-refractivity contribution in [1.29, 1.82) is 0 Å². The first-order chi connectivity index (χ1) is 20.6. The summed E-state index contributed by atoms with van der Waals surface area (Å²) in [6.07, 6.45) is 10.4. The van der Waals surface area contributed by atoms with Crippen LogP contribution in [0.1, 0.15) is 87.5 Å². The molecule has 0 aromatic heterocycles. The fourth-order valence-electron chi connectivity index (χ4n) is 9.17. The maximum absolute atomic E-state index is 2.64. The van der Waals surface area contributed by atoms with E-state index < -0.39 is 20.3 Å². The Hall–Kier alpha value is -2.50. The molecule has 4 atom stereocenters. The normalized spacial score (nSPS) is 21.4. The fourth-order valence-corrected chi connectivity index (χ4v) is 26.9.